The molecule has 7 nitrogen and oxygen atoms in total. The Balaban J connectivity index is 1.69. The van der Waals surface area contributed by atoms with Crippen LogP contribution < -0.4 is 0 Å². The molecule has 0 radical (unpaired) electrons. The van der Waals surface area contributed by atoms with Gasteiger partial charge in [0.15, 0.2) is 0 Å². The summed E-state index contributed by atoms with van der Waals surface area (Å²) in [6, 6.07) is 6.04. The quantitative estimate of drug-likeness (QED) is 0.626. The molecule has 2 heterocycles. The van der Waals surface area contributed by atoms with E-state index < -0.39 is 15.4 Å². The van der Waals surface area contributed by atoms with E-state index in [1.807, 2.05) is 0 Å². The summed E-state index contributed by atoms with van der Waals surface area (Å²) < 4.78 is 44.3. The maximum absolute atomic E-state index is 13.1. The van der Waals surface area contributed by atoms with Crippen molar-refractivity contribution in [2.45, 2.75) is 45.6 Å². The molecule has 0 aliphatic carbocycles. The second kappa shape index (κ2) is 8.79. The monoisotopic (exact) mass is 426 g/mol. The summed E-state index contributed by atoms with van der Waals surface area (Å²) in [5, 5.41) is 4.12. The van der Waals surface area contributed by atoms with Gasteiger partial charge in [-0.2, -0.15) is 0 Å². The van der Waals surface area contributed by atoms with Crippen molar-refractivity contribution >= 4 is 21.7 Å². The van der Waals surface area contributed by atoms with Gasteiger partial charge in [-0.25, -0.2) is 17.1 Å². The zero-order valence-corrected chi connectivity index (χ0v) is 17.6. The van der Waals surface area contributed by atoms with Crippen molar-refractivity contribution in [3.8, 4) is 0 Å². The minimum Gasteiger partial charge on any atom is -0.466 e. The predicted molar refractivity (Wildman–Crippen MR) is 106 cm³/mol. The van der Waals surface area contributed by atoms with Crippen molar-refractivity contribution in [2.24, 2.45) is 10.6 Å². The van der Waals surface area contributed by atoms with Crippen molar-refractivity contribution < 1.29 is 27.2 Å². The number of hydrogen-bond acceptors (Lipinski definition) is 6. The third-order valence-corrected chi connectivity index (χ3v) is 7.56. The fourth-order valence-corrected chi connectivity index (χ4v) is 5.04. The number of esters is 1. The first-order valence-electron chi connectivity index (χ1n) is 9.93. The number of carbonyl (C=O) groups is 1. The van der Waals surface area contributed by atoms with Crippen LogP contribution in [0.2, 0.25) is 0 Å². The number of benzene rings is 1. The van der Waals surface area contributed by atoms with Crippen LogP contribution in [0.15, 0.2) is 29.4 Å². The Kier molecular flexibility index (Phi) is 6.58. The SMILES string of the molecule is CCOC(=O)C1(C[C@@H]2CC(c3ccc(F)cc3)=NO2)CCN(S(=O)(=O)CC)CC1. The van der Waals surface area contributed by atoms with Crippen LogP contribution in [0.3, 0.4) is 0 Å². The molecule has 1 saturated heterocycles. The molecule has 1 atom stereocenters. The van der Waals surface area contributed by atoms with Crippen molar-refractivity contribution in [2.75, 3.05) is 25.4 Å². The lowest BCUT2D eigenvalue weighted by Crippen LogP contribution is -2.48. The van der Waals surface area contributed by atoms with Crippen LogP contribution in [0.1, 0.15) is 45.1 Å². The fourth-order valence-electron chi connectivity index (χ4n) is 3.94. The molecule has 9 heteroatoms. The highest BCUT2D eigenvalue weighted by Crippen LogP contribution is 2.40. The number of hydrogen-bond donors (Lipinski definition) is 0. The first-order valence-corrected chi connectivity index (χ1v) is 11.5. The van der Waals surface area contributed by atoms with E-state index in [2.05, 4.69) is 5.16 Å². The van der Waals surface area contributed by atoms with Crippen molar-refractivity contribution in [1.29, 1.82) is 0 Å². The number of carbonyl (C=O) groups excluding carboxylic acids is 1. The molecule has 0 amide bonds. The standard InChI is InChI=1S/C20H27FN2O5S/c1-3-27-19(24)20(9-11-23(12-10-20)29(25,26)4-2)14-17-13-18(22-28-17)15-5-7-16(21)8-6-15/h5-8,17H,3-4,9-14H2,1-2H3/t17-/m0/s1. The highest BCUT2D eigenvalue weighted by Gasteiger charge is 2.47. The minimum atomic E-state index is -3.29. The normalized spacial score (nSPS) is 22.0. The van der Waals surface area contributed by atoms with E-state index in [-0.39, 0.29) is 43.3 Å². The third kappa shape index (κ3) is 4.78. The maximum atomic E-state index is 13.1. The Morgan fingerprint density at radius 1 is 1.28 bits per heavy atom. The lowest BCUT2D eigenvalue weighted by molar-refractivity contribution is -0.160. The van der Waals surface area contributed by atoms with E-state index >= 15 is 0 Å². The molecule has 2 aliphatic rings. The molecule has 3 rings (SSSR count). The van der Waals surface area contributed by atoms with Crippen LogP contribution in [-0.2, 0) is 24.4 Å². The highest BCUT2D eigenvalue weighted by atomic mass is 32.2. The summed E-state index contributed by atoms with van der Waals surface area (Å²) in [7, 11) is -3.29. The second-order valence-corrected chi connectivity index (χ2v) is 9.74. The zero-order chi connectivity index (χ0) is 21.1. The Morgan fingerprint density at radius 2 is 1.93 bits per heavy atom. The number of nitrogens with zero attached hydrogens (tertiary/aromatic N) is 2. The molecule has 0 aromatic heterocycles. The molecular weight excluding hydrogens is 399 g/mol. The fraction of sp³-hybridized carbons (Fsp3) is 0.600. The summed E-state index contributed by atoms with van der Waals surface area (Å²) in [5.74, 6) is -0.590. The molecule has 160 valence electrons. The molecule has 1 aromatic carbocycles. The van der Waals surface area contributed by atoms with Gasteiger partial charge in [0.05, 0.1) is 23.5 Å². The second-order valence-electron chi connectivity index (χ2n) is 7.48. The molecule has 0 saturated carbocycles. The van der Waals surface area contributed by atoms with Gasteiger partial charge in [0.25, 0.3) is 0 Å². The average Bonchev–Trinajstić information content (AvgIpc) is 3.17. The molecule has 1 aromatic rings. The van der Waals surface area contributed by atoms with Crippen molar-refractivity contribution in [3.63, 3.8) is 0 Å². The van der Waals surface area contributed by atoms with Gasteiger partial charge in [-0.3, -0.25) is 4.79 Å². The average molecular weight is 427 g/mol. The summed E-state index contributed by atoms with van der Waals surface area (Å²) >= 11 is 0. The van der Waals surface area contributed by atoms with Crippen LogP contribution in [0.25, 0.3) is 0 Å². The van der Waals surface area contributed by atoms with Crippen molar-refractivity contribution in [1.82, 2.24) is 4.31 Å². The van der Waals surface area contributed by atoms with Crippen LogP contribution in [0.4, 0.5) is 4.39 Å². The largest absolute Gasteiger partial charge is 0.466 e. The van der Waals surface area contributed by atoms with Gasteiger partial charge in [-0.1, -0.05) is 17.3 Å². The number of ether oxygens (including phenoxy) is 1. The Hall–Kier alpha value is -2.00. The lowest BCUT2D eigenvalue weighted by Gasteiger charge is -2.40. The number of sulfonamides is 1. The minimum absolute atomic E-state index is 0.0417. The zero-order valence-electron chi connectivity index (χ0n) is 16.8. The highest BCUT2D eigenvalue weighted by molar-refractivity contribution is 7.89. The maximum Gasteiger partial charge on any atom is 0.312 e. The molecule has 0 unspecified atom stereocenters. The number of halogens is 1. The van der Waals surface area contributed by atoms with Crippen LogP contribution in [0, 0.1) is 11.2 Å². The first-order chi connectivity index (χ1) is 13.8. The summed E-state index contributed by atoms with van der Waals surface area (Å²) in [6.45, 7) is 4.20. The van der Waals surface area contributed by atoms with E-state index in [0.29, 0.717) is 31.4 Å². The number of piperidine rings is 1. The van der Waals surface area contributed by atoms with Gasteiger partial charge >= 0.3 is 5.97 Å². The van der Waals surface area contributed by atoms with Gasteiger partial charge in [0, 0.05) is 25.9 Å². The number of rotatable bonds is 7. The van der Waals surface area contributed by atoms with E-state index in [9.17, 15) is 17.6 Å². The molecule has 1 fully saturated rings. The summed E-state index contributed by atoms with van der Waals surface area (Å²) in [6.07, 6.45) is 1.37. The van der Waals surface area contributed by atoms with Crippen LogP contribution >= 0.6 is 0 Å². The Labute approximate surface area is 170 Å². The van der Waals surface area contributed by atoms with Crippen LogP contribution in [-0.4, -0.2) is 56.0 Å². The van der Waals surface area contributed by atoms with E-state index in [0.717, 1.165) is 5.56 Å². The van der Waals surface area contributed by atoms with Crippen molar-refractivity contribution in [3.05, 3.63) is 35.6 Å². The van der Waals surface area contributed by atoms with Gasteiger partial charge < -0.3 is 9.57 Å². The molecule has 29 heavy (non-hydrogen) atoms. The van der Waals surface area contributed by atoms with E-state index in [1.165, 1.54) is 16.4 Å². The van der Waals surface area contributed by atoms with E-state index in [4.69, 9.17) is 9.57 Å². The van der Waals surface area contributed by atoms with E-state index in [1.54, 1.807) is 26.0 Å². The van der Waals surface area contributed by atoms with Gasteiger partial charge in [-0.05, 0) is 44.4 Å². The predicted octanol–water partition coefficient (Wildman–Crippen LogP) is 2.70. The topological polar surface area (TPSA) is 85.3 Å². The summed E-state index contributed by atoms with van der Waals surface area (Å²) in [5.41, 5.74) is 0.691. The lowest BCUT2D eigenvalue weighted by atomic mass is 9.74. The third-order valence-electron chi connectivity index (χ3n) is 5.67. The Bertz CT molecular complexity index is 861. The van der Waals surface area contributed by atoms with Gasteiger partial charge in [0.1, 0.15) is 11.9 Å². The molecule has 0 N–H and O–H groups in total. The van der Waals surface area contributed by atoms with Gasteiger partial charge in [-0.15, -0.1) is 0 Å². The molecule has 0 spiro atoms. The smallest absolute Gasteiger partial charge is 0.312 e. The molecular formula is C20H27FN2O5S. The molecule has 2 aliphatic heterocycles. The first kappa shape index (κ1) is 21.7. The Morgan fingerprint density at radius 3 is 2.52 bits per heavy atom. The number of oxime groups is 1. The van der Waals surface area contributed by atoms with Crippen LogP contribution in [0.5, 0.6) is 0 Å². The molecule has 0 bridgehead atoms. The summed E-state index contributed by atoms with van der Waals surface area (Å²) in [4.78, 5) is 18.4. The van der Waals surface area contributed by atoms with Gasteiger partial charge in [0.2, 0.25) is 10.0 Å².